The second-order valence-corrected chi connectivity index (χ2v) is 11.2. The molecule has 0 saturated carbocycles. The predicted octanol–water partition coefficient (Wildman–Crippen LogP) is 10.6. The van der Waals surface area contributed by atoms with E-state index in [1.165, 1.54) is 10.8 Å². The highest BCUT2D eigenvalue weighted by atomic mass is 15.1. The maximum atomic E-state index is 10.7. The molecule has 9 rings (SSSR count). The number of aromatic nitrogens is 2. The number of nitriles is 1. The molecule has 0 N–H and O–H groups in total. The van der Waals surface area contributed by atoms with E-state index in [0.29, 0.717) is 11.3 Å². The van der Waals surface area contributed by atoms with E-state index >= 15 is 0 Å². The van der Waals surface area contributed by atoms with Crippen LogP contribution in [-0.2, 0) is 0 Å². The quantitative estimate of drug-likeness (QED) is 0.195. The lowest BCUT2D eigenvalue weighted by Gasteiger charge is -2.19. The monoisotopic (exact) mass is 558 g/mol. The number of hydrogen-bond acceptors (Lipinski definition) is 1. The fourth-order valence-electron chi connectivity index (χ4n) is 6.97. The van der Waals surface area contributed by atoms with Crippen LogP contribution in [0.4, 0.5) is 5.69 Å². The Kier molecular flexibility index (Phi) is 5.00. The SMILES string of the molecule is [C-]#[N+]c1cc(C#N)c(-n2c3ccccc3c3cc4ccccc4cc32)c(-n2c3ccccc3c3cc4ccccc4cc32)c1. The fourth-order valence-corrected chi connectivity index (χ4v) is 6.97. The summed E-state index contributed by atoms with van der Waals surface area (Å²) in [5.41, 5.74) is 6.53. The van der Waals surface area contributed by atoms with Gasteiger partial charge in [0.15, 0.2) is 5.69 Å². The van der Waals surface area contributed by atoms with Gasteiger partial charge in [0, 0.05) is 21.5 Å². The highest BCUT2D eigenvalue weighted by Crippen LogP contribution is 2.42. The summed E-state index contributed by atoms with van der Waals surface area (Å²) >= 11 is 0. The number of fused-ring (bicyclic) bond motifs is 8. The molecular formula is C40H22N4. The third-order valence-electron chi connectivity index (χ3n) is 8.87. The van der Waals surface area contributed by atoms with Crippen molar-refractivity contribution in [3.05, 3.63) is 150 Å². The van der Waals surface area contributed by atoms with Crippen LogP contribution in [0.15, 0.2) is 133 Å². The minimum absolute atomic E-state index is 0.429. The Morgan fingerprint density at radius 1 is 0.500 bits per heavy atom. The first kappa shape index (κ1) is 24.3. The Bertz CT molecular complexity index is 2740. The first-order chi connectivity index (χ1) is 21.7. The van der Waals surface area contributed by atoms with Crippen molar-refractivity contribution >= 4 is 70.8 Å². The molecule has 0 fully saturated rings. The van der Waals surface area contributed by atoms with Gasteiger partial charge in [-0.05, 0) is 70.1 Å². The first-order valence-electron chi connectivity index (χ1n) is 14.5. The highest BCUT2D eigenvalue weighted by Gasteiger charge is 2.23. The summed E-state index contributed by atoms with van der Waals surface area (Å²) in [5, 5.41) is 19.8. The molecule has 0 unspecified atom stereocenters. The Morgan fingerprint density at radius 3 is 1.52 bits per heavy atom. The first-order valence-corrected chi connectivity index (χ1v) is 14.5. The Hall–Kier alpha value is -6.36. The summed E-state index contributed by atoms with van der Waals surface area (Å²) in [6.07, 6.45) is 0. The van der Waals surface area contributed by atoms with Crippen LogP contribution in [0.5, 0.6) is 0 Å². The van der Waals surface area contributed by atoms with Gasteiger partial charge in [-0.25, -0.2) is 4.85 Å². The van der Waals surface area contributed by atoms with Gasteiger partial charge in [0.25, 0.3) is 0 Å². The van der Waals surface area contributed by atoms with Crippen molar-refractivity contribution in [1.29, 1.82) is 5.26 Å². The molecule has 0 spiro atoms. The Morgan fingerprint density at radius 2 is 0.977 bits per heavy atom. The second kappa shape index (κ2) is 9.07. The molecule has 4 heteroatoms. The summed E-state index contributed by atoms with van der Waals surface area (Å²) in [7, 11) is 0. The molecule has 0 amide bonds. The lowest BCUT2D eigenvalue weighted by atomic mass is 10.1. The van der Waals surface area contributed by atoms with Crippen LogP contribution >= 0.6 is 0 Å². The van der Waals surface area contributed by atoms with Crippen molar-refractivity contribution in [1.82, 2.24) is 9.13 Å². The molecule has 0 aliphatic carbocycles. The van der Waals surface area contributed by atoms with E-state index < -0.39 is 0 Å². The molecule has 0 radical (unpaired) electrons. The fraction of sp³-hybridized carbons (Fsp3) is 0. The minimum Gasteiger partial charge on any atom is -0.308 e. The molecule has 0 aliphatic heterocycles. The van der Waals surface area contributed by atoms with Gasteiger partial charge in [-0.2, -0.15) is 5.26 Å². The van der Waals surface area contributed by atoms with Crippen LogP contribution in [0, 0.1) is 17.9 Å². The number of benzene rings is 7. The van der Waals surface area contributed by atoms with Crippen LogP contribution in [0.2, 0.25) is 0 Å². The van der Waals surface area contributed by atoms with Crippen LogP contribution < -0.4 is 0 Å². The van der Waals surface area contributed by atoms with Gasteiger partial charge >= 0.3 is 0 Å². The molecule has 9 aromatic rings. The largest absolute Gasteiger partial charge is 0.308 e. The van der Waals surface area contributed by atoms with Crippen LogP contribution in [-0.4, -0.2) is 9.13 Å². The van der Waals surface area contributed by atoms with E-state index in [4.69, 9.17) is 6.57 Å². The second-order valence-electron chi connectivity index (χ2n) is 11.2. The molecule has 2 heterocycles. The minimum atomic E-state index is 0.429. The van der Waals surface area contributed by atoms with Crippen molar-refractivity contribution in [3.63, 3.8) is 0 Å². The van der Waals surface area contributed by atoms with Crippen molar-refractivity contribution in [2.24, 2.45) is 0 Å². The van der Waals surface area contributed by atoms with Crippen molar-refractivity contribution in [3.8, 4) is 17.4 Å². The van der Waals surface area contributed by atoms with Crippen molar-refractivity contribution < 1.29 is 0 Å². The van der Waals surface area contributed by atoms with Gasteiger partial charge in [0.1, 0.15) is 6.07 Å². The summed E-state index contributed by atoms with van der Waals surface area (Å²) in [4.78, 5) is 3.82. The molecule has 7 aromatic carbocycles. The molecule has 4 nitrogen and oxygen atoms in total. The number of para-hydroxylation sites is 2. The van der Waals surface area contributed by atoms with E-state index in [-0.39, 0.29) is 0 Å². The molecule has 0 bridgehead atoms. The topological polar surface area (TPSA) is 38.0 Å². The van der Waals surface area contributed by atoms with Gasteiger partial charge < -0.3 is 9.13 Å². The summed E-state index contributed by atoms with van der Waals surface area (Å²) in [5.74, 6) is 0. The zero-order valence-corrected chi connectivity index (χ0v) is 23.5. The summed E-state index contributed by atoms with van der Waals surface area (Å²) < 4.78 is 4.46. The standard InChI is InChI=1S/C40H22N4/c1-42-30-18-29(24-41)40(44-36-17-9-7-15-32(36)34-20-26-11-3-5-13-28(26)22-38(34)44)39(23-30)43-35-16-8-6-14-31(35)33-19-25-10-2-4-12-27(25)21-37(33)43/h2-23H. The third kappa shape index (κ3) is 3.31. The summed E-state index contributed by atoms with van der Waals surface area (Å²) in [6, 6.07) is 48.6. The van der Waals surface area contributed by atoms with Gasteiger partial charge in [-0.15, -0.1) is 0 Å². The van der Waals surface area contributed by atoms with Crippen LogP contribution in [0.3, 0.4) is 0 Å². The molecule has 0 saturated heterocycles. The molecule has 0 atom stereocenters. The molecule has 0 aliphatic rings. The van der Waals surface area contributed by atoms with Gasteiger partial charge in [-0.3, -0.25) is 0 Å². The average molecular weight is 559 g/mol. The number of rotatable bonds is 2. The smallest absolute Gasteiger partial charge is 0.190 e. The molecular weight excluding hydrogens is 536 g/mol. The van der Waals surface area contributed by atoms with Gasteiger partial charge in [-0.1, -0.05) is 84.9 Å². The Labute approximate surface area is 252 Å². The van der Waals surface area contributed by atoms with E-state index in [0.717, 1.165) is 65.8 Å². The van der Waals surface area contributed by atoms with Crippen molar-refractivity contribution in [2.45, 2.75) is 0 Å². The van der Waals surface area contributed by atoms with Crippen LogP contribution in [0.1, 0.15) is 5.56 Å². The zero-order chi connectivity index (χ0) is 29.4. The molecule has 44 heavy (non-hydrogen) atoms. The van der Waals surface area contributed by atoms with Crippen molar-refractivity contribution in [2.75, 3.05) is 0 Å². The third-order valence-corrected chi connectivity index (χ3v) is 8.87. The zero-order valence-electron chi connectivity index (χ0n) is 23.5. The van der Waals surface area contributed by atoms with Gasteiger partial charge in [0.05, 0.1) is 45.6 Å². The van der Waals surface area contributed by atoms with Gasteiger partial charge in [0.2, 0.25) is 0 Å². The maximum Gasteiger partial charge on any atom is 0.190 e. The number of hydrogen-bond donors (Lipinski definition) is 0. The van der Waals surface area contributed by atoms with E-state index in [9.17, 15) is 5.26 Å². The molecule has 2 aromatic heterocycles. The van der Waals surface area contributed by atoms with E-state index in [1.807, 2.05) is 18.2 Å². The average Bonchev–Trinajstić information content (AvgIpc) is 3.57. The normalized spacial score (nSPS) is 11.6. The predicted molar refractivity (Wildman–Crippen MR) is 181 cm³/mol. The lowest BCUT2D eigenvalue weighted by Crippen LogP contribution is -2.06. The maximum absolute atomic E-state index is 10.7. The Balaban J connectivity index is 1.51. The van der Waals surface area contributed by atoms with E-state index in [2.05, 4.69) is 129 Å². The molecule has 202 valence electrons. The highest BCUT2D eigenvalue weighted by molar-refractivity contribution is 6.16. The summed E-state index contributed by atoms with van der Waals surface area (Å²) in [6.45, 7) is 7.97. The van der Waals surface area contributed by atoms with Crippen LogP contribution in [0.25, 0.3) is 81.4 Å². The lowest BCUT2D eigenvalue weighted by molar-refractivity contribution is 1.09. The number of nitrogens with zero attached hydrogens (tertiary/aromatic N) is 4. The van der Waals surface area contributed by atoms with E-state index in [1.54, 1.807) is 6.07 Å².